The van der Waals surface area contributed by atoms with Gasteiger partial charge in [-0.2, -0.15) is 18.3 Å². The van der Waals surface area contributed by atoms with Crippen molar-refractivity contribution in [1.82, 2.24) is 35.0 Å². The summed E-state index contributed by atoms with van der Waals surface area (Å²) in [5, 5.41) is 15.2. The smallest absolute Gasteiger partial charge is 0.435 e. The number of nitrogens with zero attached hydrogens (tertiary/aromatic N) is 6. The SMILES string of the molecule is COC(=O)C1CCC(c2nc(Br)c(-c3ccccc3)o2)CC1.COC(=O)C1CCC(c2ncc(-c3ccccc3)o2)CC1.O=C(NCCCC(=O)C1CCC(c2nc(Br)c(-c3ccccc3)o2)CC1)c1cn(-c2ccccc2)nc1C(F)(F)F.O=C(O)C1CCC(c2nc(Br)c(-c3ccccc3)o2)CC1. The maximum atomic E-state index is 13.6. The number of nitrogens with one attached hydrogen (secondary N) is 1. The Morgan fingerprint density at radius 1 is 0.495 bits per heavy atom. The molecule has 550 valence electrons. The molecule has 5 aromatic carbocycles. The number of oxazole rings is 4. The Bertz CT molecular complexity index is 4460. The second-order valence-electron chi connectivity index (χ2n) is 26.6. The number of hydrogen-bond acceptors (Lipinski definition) is 16. The highest BCUT2D eigenvalue weighted by Crippen LogP contribution is 2.44. The summed E-state index contributed by atoms with van der Waals surface area (Å²) in [5.41, 5.74) is 2.58. The fraction of sp³-hybridized carbons (Fsp3) is 0.375. The fourth-order valence-corrected chi connectivity index (χ4v) is 15.4. The van der Waals surface area contributed by atoms with E-state index in [-0.39, 0.29) is 72.1 Å². The van der Waals surface area contributed by atoms with Crippen molar-refractivity contribution in [3.05, 3.63) is 213 Å². The van der Waals surface area contributed by atoms with E-state index in [9.17, 15) is 37.1 Å². The van der Waals surface area contributed by atoms with Gasteiger partial charge in [0.05, 0.1) is 49.4 Å². The number of rotatable bonds is 18. The third-order valence-electron chi connectivity index (χ3n) is 19.8. The van der Waals surface area contributed by atoms with Crippen LogP contribution in [0.5, 0.6) is 0 Å². The van der Waals surface area contributed by atoms with Crippen LogP contribution in [0.15, 0.2) is 196 Å². The predicted octanol–water partition coefficient (Wildman–Crippen LogP) is 20.2. The maximum absolute atomic E-state index is 13.6. The van der Waals surface area contributed by atoms with Gasteiger partial charge in [0.2, 0.25) is 0 Å². The normalized spacial score (nSPS) is 20.1. The van der Waals surface area contributed by atoms with E-state index in [0.717, 1.165) is 144 Å². The van der Waals surface area contributed by atoms with E-state index >= 15 is 0 Å². The van der Waals surface area contributed by atoms with Crippen molar-refractivity contribution < 1.29 is 69.4 Å². The topological polar surface area (TPSA) is 258 Å². The highest BCUT2D eigenvalue weighted by atomic mass is 79.9. The largest absolute Gasteiger partial charge is 0.481 e. The Balaban J connectivity index is 0.000000148. The number of carboxylic acids is 1. The number of benzene rings is 5. The quantitative estimate of drug-likeness (QED) is 0.0598. The predicted molar refractivity (Wildman–Crippen MR) is 396 cm³/mol. The molecular formula is C80H81Br3F3N7O12. The second kappa shape index (κ2) is 36.8. The Labute approximate surface area is 631 Å². The molecule has 5 heterocycles. The number of Topliss-reactive ketones (excluding diaryl/α,β-unsaturated/α-hetero) is 1. The Morgan fingerprint density at radius 3 is 1.24 bits per heavy atom. The minimum atomic E-state index is -4.79. The average Bonchev–Trinajstić information content (AvgIpc) is 1.59. The number of methoxy groups -OCH3 is 2. The molecular weight excluding hydrogens is 1550 g/mol. The van der Waals surface area contributed by atoms with Crippen molar-refractivity contribution in [2.45, 2.75) is 145 Å². The number of ketones is 1. The molecule has 14 rings (SSSR count). The molecule has 19 nitrogen and oxygen atoms in total. The van der Waals surface area contributed by atoms with Gasteiger partial charge in [0, 0.05) is 71.0 Å². The summed E-state index contributed by atoms with van der Waals surface area (Å²) >= 11 is 10.4. The average molecular weight is 1630 g/mol. The van der Waals surface area contributed by atoms with Gasteiger partial charge in [0.1, 0.15) is 5.78 Å². The first kappa shape index (κ1) is 77.0. The number of aromatic nitrogens is 6. The molecule has 0 radical (unpaired) electrons. The lowest BCUT2D eigenvalue weighted by atomic mass is 9.79. The molecule has 0 bridgehead atoms. The lowest BCUT2D eigenvalue weighted by molar-refractivity contribution is -0.147. The summed E-state index contributed by atoms with van der Waals surface area (Å²) in [6, 6.07) is 47.7. The zero-order valence-corrected chi connectivity index (χ0v) is 62.8. The number of hydrogen-bond donors (Lipinski definition) is 2. The molecule has 1 amide bonds. The molecule has 4 saturated carbocycles. The molecule has 0 spiro atoms. The number of esters is 2. The van der Waals surface area contributed by atoms with E-state index in [1.807, 2.05) is 121 Å². The molecule has 25 heteroatoms. The Kier molecular flexibility index (Phi) is 27.0. The van der Waals surface area contributed by atoms with Gasteiger partial charge in [-0.05, 0) is 169 Å². The number of carbonyl (C=O) groups excluding carboxylic acids is 4. The summed E-state index contributed by atoms with van der Waals surface area (Å²) in [5.74, 6) is 4.96. The van der Waals surface area contributed by atoms with Crippen molar-refractivity contribution in [3.8, 4) is 51.0 Å². The van der Waals surface area contributed by atoms with E-state index < -0.39 is 29.3 Å². The lowest BCUT2D eigenvalue weighted by Gasteiger charge is -2.25. The molecule has 0 atom stereocenters. The van der Waals surface area contributed by atoms with Gasteiger partial charge in [0.15, 0.2) is 66.1 Å². The standard InChI is InChI=1S/C30H28BrF3N4O3.C17H18BrNO3.C17H19NO3.C16H16BrNO3/c31-27-25(20-8-3-1-4-9-20)41-29(36-27)21-15-13-19(14-16-21)24(39)12-7-17-35-28(40)23-18-38(22-10-5-2-6-11-22)37-26(23)30(32,33)34;1-21-17(20)13-9-7-12(8-10-13)16-19-15(18)14(22-16)11-5-3-2-4-6-11;1-20-17(19)14-9-7-13(8-10-14)16-18-11-15(21-16)12-5-3-2-4-6-12;17-14-13(10-4-2-1-3-5-10)21-15(18-14)11-6-8-12(9-7-11)16(19)20/h1-6,8-11,18-19,21H,7,12-17H2,(H,35,40);2-6,12-13H,7-10H2,1H3;2-6,11,13-14H,7-10H2,1H3;1-5,11-12H,6-9H2,(H,19,20). The van der Waals surface area contributed by atoms with Crippen molar-refractivity contribution >= 4 is 77.4 Å². The number of para-hydroxylation sites is 1. The van der Waals surface area contributed by atoms with Crippen LogP contribution >= 0.6 is 47.8 Å². The van der Waals surface area contributed by atoms with Crippen molar-refractivity contribution in [3.63, 3.8) is 0 Å². The summed E-state index contributed by atoms with van der Waals surface area (Å²) in [6.07, 6.45) is 11.7. The maximum Gasteiger partial charge on any atom is 0.435 e. The first-order valence-electron chi connectivity index (χ1n) is 35.4. The molecule has 5 aromatic heterocycles. The third kappa shape index (κ3) is 20.3. The van der Waals surface area contributed by atoms with E-state index in [2.05, 4.69) is 78.1 Å². The molecule has 4 fully saturated rings. The zero-order valence-electron chi connectivity index (χ0n) is 58.0. The van der Waals surface area contributed by atoms with Gasteiger partial charge < -0.3 is 37.6 Å². The Hall–Kier alpha value is -9.07. The van der Waals surface area contributed by atoms with Gasteiger partial charge >= 0.3 is 24.1 Å². The number of alkyl halides is 3. The van der Waals surface area contributed by atoms with Gasteiger partial charge in [-0.3, -0.25) is 24.0 Å². The van der Waals surface area contributed by atoms with Crippen molar-refractivity contribution in [1.29, 1.82) is 0 Å². The monoisotopic (exact) mass is 1630 g/mol. The van der Waals surface area contributed by atoms with E-state index in [0.29, 0.717) is 70.5 Å². The van der Waals surface area contributed by atoms with E-state index in [1.165, 1.54) is 14.2 Å². The number of ether oxygens (including phenoxy) is 2. The highest BCUT2D eigenvalue weighted by molar-refractivity contribution is 9.11. The Morgan fingerprint density at radius 2 is 0.857 bits per heavy atom. The number of amides is 1. The van der Waals surface area contributed by atoms with Crippen LogP contribution in [0.3, 0.4) is 0 Å². The molecule has 4 aliphatic rings. The van der Waals surface area contributed by atoms with Crippen LogP contribution in [0.2, 0.25) is 0 Å². The summed E-state index contributed by atoms with van der Waals surface area (Å²) < 4.78 is 77.4. The van der Waals surface area contributed by atoms with Gasteiger partial charge in [-0.25, -0.2) is 24.6 Å². The minimum Gasteiger partial charge on any atom is -0.481 e. The number of carbonyl (C=O) groups is 5. The molecule has 0 saturated heterocycles. The number of carboxylic acid groups (broad SMARTS) is 1. The summed E-state index contributed by atoms with van der Waals surface area (Å²) in [7, 11) is 2.90. The van der Waals surface area contributed by atoms with Gasteiger partial charge in [-0.15, -0.1) is 0 Å². The number of halogens is 6. The van der Waals surface area contributed by atoms with E-state index in [4.69, 9.17) is 32.2 Å². The fourth-order valence-electron chi connectivity index (χ4n) is 14.0. The van der Waals surface area contributed by atoms with E-state index in [1.54, 1.807) is 36.5 Å². The first-order valence-corrected chi connectivity index (χ1v) is 37.8. The van der Waals surface area contributed by atoms with Crippen LogP contribution in [0.25, 0.3) is 51.0 Å². The van der Waals surface area contributed by atoms with Crippen LogP contribution < -0.4 is 5.32 Å². The molecule has 4 aliphatic carbocycles. The number of aliphatic carboxylic acids is 1. The molecule has 105 heavy (non-hydrogen) atoms. The molecule has 2 N–H and O–H groups in total. The summed E-state index contributed by atoms with van der Waals surface area (Å²) in [6.45, 7) is 0.0837. The summed E-state index contributed by atoms with van der Waals surface area (Å²) in [4.78, 5) is 77.6. The third-order valence-corrected chi connectivity index (χ3v) is 21.4. The van der Waals surface area contributed by atoms with Crippen LogP contribution in [-0.4, -0.2) is 85.2 Å². The van der Waals surface area contributed by atoms with Gasteiger partial charge in [0.25, 0.3) is 5.91 Å². The lowest BCUT2D eigenvalue weighted by Crippen LogP contribution is -2.27. The van der Waals surface area contributed by atoms with Crippen LogP contribution in [-0.2, 0) is 34.8 Å². The minimum absolute atomic E-state index is 0.0215. The zero-order chi connectivity index (χ0) is 74.0. The molecule has 10 aromatic rings. The molecule has 0 aliphatic heterocycles. The van der Waals surface area contributed by atoms with Gasteiger partial charge in [-0.1, -0.05) is 140 Å². The van der Waals surface area contributed by atoms with Crippen molar-refractivity contribution in [2.24, 2.45) is 23.7 Å². The first-order chi connectivity index (χ1) is 50.8. The van der Waals surface area contributed by atoms with Crippen LogP contribution in [0.1, 0.15) is 179 Å². The van der Waals surface area contributed by atoms with Crippen LogP contribution in [0, 0.1) is 23.7 Å². The van der Waals surface area contributed by atoms with Crippen LogP contribution in [0.4, 0.5) is 13.2 Å². The van der Waals surface area contributed by atoms with Crippen molar-refractivity contribution in [2.75, 3.05) is 20.8 Å². The highest BCUT2D eigenvalue weighted by Gasteiger charge is 2.40. The second-order valence-corrected chi connectivity index (χ2v) is 28.9. The molecule has 0 unspecified atom stereocenters.